The number of anilines is 1. The third-order valence-corrected chi connectivity index (χ3v) is 6.40. The maximum absolute atomic E-state index is 13.1. The summed E-state index contributed by atoms with van der Waals surface area (Å²) in [5, 5.41) is 3.74. The Labute approximate surface area is 200 Å². The van der Waals surface area contributed by atoms with E-state index in [9.17, 15) is 9.59 Å². The summed E-state index contributed by atoms with van der Waals surface area (Å²) in [6.45, 7) is 0.370. The molecule has 4 rings (SSSR count). The van der Waals surface area contributed by atoms with Crippen LogP contribution in [0.15, 0.2) is 83.9 Å². The molecule has 1 N–H and O–H groups in total. The van der Waals surface area contributed by atoms with Crippen molar-refractivity contribution < 1.29 is 9.59 Å². The summed E-state index contributed by atoms with van der Waals surface area (Å²) in [7, 11) is 0. The van der Waals surface area contributed by atoms with E-state index in [1.165, 1.54) is 11.8 Å². The highest BCUT2D eigenvalue weighted by Crippen LogP contribution is 2.31. The lowest BCUT2D eigenvalue weighted by Gasteiger charge is -2.32. The van der Waals surface area contributed by atoms with Crippen molar-refractivity contribution in [2.24, 2.45) is 4.99 Å². The number of rotatable bonds is 5. The zero-order valence-corrected chi connectivity index (χ0v) is 19.2. The van der Waals surface area contributed by atoms with E-state index in [2.05, 4.69) is 10.3 Å². The standard InChI is InChI=1S/C24H19Cl2N3O2S/c25-17-8-4-10-19(12-17)27-23(31)21-14-22(30)29(15-16-6-2-1-3-7-16)24(32-21)28-20-11-5-9-18(26)13-20/h1-13,21H,14-15H2,(H,27,31). The largest absolute Gasteiger partial charge is 0.325 e. The fourth-order valence-corrected chi connectivity index (χ4v) is 4.68. The maximum atomic E-state index is 13.1. The molecule has 0 radical (unpaired) electrons. The molecule has 8 heteroatoms. The van der Waals surface area contributed by atoms with Crippen LogP contribution >= 0.6 is 35.0 Å². The van der Waals surface area contributed by atoms with E-state index in [1.54, 1.807) is 53.4 Å². The molecule has 5 nitrogen and oxygen atoms in total. The highest BCUT2D eigenvalue weighted by Gasteiger charge is 2.36. The normalized spacial score (nSPS) is 17.4. The number of benzene rings is 3. The Morgan fingerprint density at radius 2 is 1.72 bits per heavy atom. The molecule has 1 saturated heterocycles. The first-order valence-electron chi connectivity index (χ1n) is 9.89. The minimum Gasteiger partial charge on any atom is -0.325 e. The predicted molar refractivity (Wildman–Crippen MR) is 132 cm³/mol. The third-order valence-electron chi connectivity index (χ3n) is 4.74. The second kappa shape index (κ2) is 10.2. The number of amides is 2. The molecule has 0 aromatic heterocycles. The monoisotopic (exact) mass is 483 g/mol. The number of nitrogens with one attached hydrogen (secondary N) is 1. The lowest BCUT2D eigenvalue weighted by Crippen LogP contribution is -2.44. The lowest BCUT2D eigenvalue weighted by atomic mass is 10.2. The van der Waals surface area contributed by atoms with Gasteiger partial charge in [-0.05, 0) is 42.0 Å². The van der Waals surface area contributed by atoms with Gasteiger partial charge in [0.05, 0.1) is 12.2 Å². The molecule has 1 aliphatic rings. The van der Waals surface area contributed by atoms with E-state index in [4.69, 9.17) is 23.2 Å². The zero-order chi connectivity index (χ0) is 22.5. The Morgan fingerprint density at radius 3 is 2.44 bits per heavy atom. The van der Waals surface area contributed by atoms with Gasteiger partial charge < -0.3 is 5.32 Å². The number of hydrogen-bond acceptors (Lipinski definition) is 4. The fraction of sp³-hybridized carbons (Fsp3) is 0.125. The second-order valence-corrected chi connectivity index (χ2v) is 9.19. The number of carbonyl (C=O) groups excluding carboxylic acids is 2. The van der Waals surface area contributed by atoms with Crippen LogP contribution in [0.25, 0.3) is 0 Å². The third kappa shape index (κ3) is 5.71. The first kappa shape index (κ1) is 22.4. The molecule has 3 aromatic carbocycles. The smallest absolute Gasteiger partial charge is 0.238 e. The average molecular weight is 484 g/mol. The summed E-state index contributed by atoms with van der Waals surface area (Å²) in [5.41, 5.74) is 2.17. The van der Waals surface area contributed by atoms with Gasteiger partial charge in [0.15, 0.2) is 5.17 Å². The number of aliphatic imine (C=N–C) groups is 1. The van der Waals surface area contributed by atoms with Gasteiger partial charge in [0.1, 0.15) is 5.25 Å². The van der Waals surface area contributed by atoms with Crippen LogP contribution in [-0.4, -0.2) is 27.1 Å². The van der Waals surface area contributed by atoms with Crippen LogP contribution < -0.4 is 5.32 Å². The van der Waals surface area contributed by atoms with Gasteiger partial charge in [-0.3, -0.25) is 14.5 Å². The van der Waals surface area contributed by atoms with Crippen LogP contribution in [-0.2, 0) is 16.1 Å². The van der Waals surface area contributed by atoms with Gasteiger partial charge in [-0.1, -0.05) is 77.4 Å². The van der Waals surface area contributed by atoms with Gasteiger partial charge in [-0.15, -0.1) is 0 Å². The quantitative estimate of drug-likeness (QED) is 0.472. The minimum atomic E-state index is -0.619. The van der Waals surface area contributed by atoms with E-state index in [-0.39, 0.29) is 18.2 Å². The summed E-state index contributed by atoms with van der Waals surface area (Å²) in [5.74, 6) is -0.441. The molecule has 0 bridgehead atoms. The summed E-state index contributed by atoms with van der Waals surface area (Å²) in [6.07, 6.45) is 0.0679. The van der Waals surface area contributed by atoms with Crippen molar-refractivity contribution in [1.29, 1.82) is 0 Å². The highest BCUT2D eigenvalue weighted by atomic mass is 35.5. The lowest BCUT2D eigenvalue weighted by molar-refractivity contribution is -0.129. The van der Waals surface area contributed by atoms with Crippen molar-refractivity contribution in [2.75, 3.05) is 5.32 Å². The Hall–Kier alpha value is -2.80. The molecule has 162 valence electrons. The van der Waals surface area contributed by atoms with Crippen molar-refractivity contribution in [3.8, 4) is 0 Å². The molecule has 1 fully saturated rings. The van der Waals surface area contributed by atoms with Gasteiger partial charge >= 0.3 is 0 Å². The molecule has 0 aliphatic carbocycles. The van der Waals surface area contributed by atoms with E-state index >= 15 is 0 Å². The Bertz CT molecular complexity index is 1170. The first-order chi connectivity index (χ1) is 15.5. The molecular formula is C24H19Cl2N3O2S. The molecule has 0 spiro atoms. The van der Waals surface area contributed by atoms with E-state index in [0.717, 1.165) is 5.56 Å². The van der Waals surface area contributed by atoms with Crippen LogP contribution in [0, 0.1) is 0 Å². The SMILES string of the molecule is O=C(Nc1cccc(Cl)c1)C1CC(=O)N(Cc2ccccc2)C(=Nc2cccc(Cl)c2)S1. The zero-order valence-electron chi connectivity index (χ0n) is 16.9. The number of carbonyl (C=O) groups is 2. The molecule has 2 amide bonds. The number of hydrogen-bond donors (Lipinski definition) is 1. The van der Waals surface area contributed by atoms with E-state index in [0.29, 0.717) is 33.1 Å². The molecule has 1 atom stereocenters. The Morgan fingerprint density at radius 1 is 1.00 bits per heavy atom. The summed E-state index contributed by atoms with van der Waals surface area (Å²) >= 11 is 13.4. The van der Waals surface area contributed by atoms with Gasteiger partial charge in [0.25, 0.3) is 0 Å². The van der Waals surface area contributed by atoms with Crippen LogP contribution in [0.3, 0.4) is 0 Å². The molecule has 1 unspecified atom stereocenters. The highest BCUT2D eigenvalue weighted by molar-refractivity contribution is 8.15. The van der Waals surface area contributed by atoms with Crippen LogP contribution in [0.1, 0.15) is 12.0 Å². The van der Waals surface area contributed by atoms with Crippen LogP contribution in [0.4, 0.5) is 11.4 Å². The molecule has 0 saturated carbocycles. The van der Waals surface area contributed by atoms with Crippen molar-refractivity contribution in [3.05, 3.63) is 94.5 Å². The minimum absolute atomic E-state index is 0.0679. The average Bonchev–Trinajstić information content (AvgIpc) is 2.76. The van der Waals surface area contributed by atoms with Gasteiger partial charge in [0, 0.05) is 22.2 Å². The van der Waals surface area contributed by atoms with Crippen LogP contribution in [0.2, 0.25) is 10.0 Å². The molecule has 1 aliphatic heterocycles. The first-order valence-corrected chi connectivity index (χ1v) is 11.5. The number of nitrogens with zero attached hydrogens (tertiary/aromatic N) is 2. The van der Waals surface area contributed by atoms with Crippen LogP contribution in [0.5, 0.6) is 0 Å². The maximum Gasteiger partial charge on any atom is 0.238 e. The summed E-state index contributed by atoms with van der Waals surface area (Å²) < 4.78 is 0. The van der Waals surface area contributed by atoms with Gasteiger partial charge in [-0.25, -0.2) is 4.99 Å². The number of thioether (sulfide) groups is 1. The molecule has 1 heterocycles. The Kier molecular flexibility index (Phi) is 7.15. The summed E-state index contributed by atoms with van der Waals surface area (Å²) in [6, 6.07) is 23.6. The predicted octanol–water partition coefficient (Wildman–Crippen LogP) is 6.15. The van der Waals surface area contributed by atoms with Crippen molar-refractivity contribution >= 4 is 63.3 Å². The van der Waals surface area contributed by atoms with Crippen molar-refractivity contribution in [1.82, 2.24) is 4.90 Å². The van der Waals surface area contributed by atoms with E-state index < -0.39 is 5.25 Å². The fourth-order valence-electron chi connectivity index (χ4n) is 3.21. The number of halogens is 2. The number of amidine groups is 1. The van der Waals surface area contributed by atoms with Gasteiger partial charge in [0.2, 0.25) is 11.8 Å². The summed E-state index contributed by atoms with van der Waals surface area (Å²) in [4.78, 5) is 32.3. The van der Waals surface area contributed by atoms with Crippen molar-refractivity contribution in [2.45, 2.75) is 18.2 Å². The van der Waals surface area contributed by atoms with Crippen molar-refractivity contribution in [3.63, 3.8) is 0 Å². The topological polar surface area (TPSA) is 61.8 Å². The van der Waals surface area contributed by atoms with Gasteiger partial charge in [-0.2, -0.15) is 0 Å². The molecular weight excluding hydrogens is 465 g/mol. The van der Waals surface area contributed by atoms with E-state index in [1.807, 2.05) is 30.3 Å². The Balaban J connectivity index is 1.60. The molecule has 3 aromatic rings. The second-order valence-electron chi connectivity index (χ2n) is 7.15. The molecule has 32 heavy (non-hydrogen) atoms.